The molecule has 7 heteroatoms. The summed E-state index contributed by atoms with van der Waals surface area (Å²) in [4.78, 5) is 12.1. The molecule has 2 atom stereocenters. The molecule has 1 amide bonds. The first-order valence-electron chi connectivity index (χ1n) is 7.87. The topological polar surface area (TPSA) is 85.5 Å². The van der Waals surface area contributed by atoms with Gasteiger partial charge in [-0.2, -0.15) is 5.10 Å². The van der Waals surface area contributed by atoms with Gasteiger partial charge >= 0.3 is 0 Å². The molecular weight excluding hydrogens is 310 g/mol. The smallest absolute Gasteiger partial charge is 0.246 e. The number of aromatic amines is 1. The zero-order chi connectivity index (χ0) is 16.8. The van der Waals surface area contributed by atoms with Crippen LogP contribution in [0.5, 0.6) is 5.75 Å². The average Bonchev–Trinajstić information content (AvgIpc) is 3.22. The van der Waals surface area contributed by atoms with Crippen LogP contribution in [0, 0.1) is 6.92 Å². The van der Waals surface area contributed by atoms with Gasteiger partial charge in [0.2, 0.25) is 5.91 Å². The van der Waals surface area contributed by atoms with Crippen molar-refractivity contribution in [3.63, 3.8) is 0 Å². The van der Waals surface area contributed by atoms with E-state index in [9.17, 15) is 4.79 Å². The van der Waals surface area contributed by atoms with Crippen LogP contribution in [0.1, 0.15) is 11.1 Å². The number of rotatable bonds is 7. The Balaban J connectivity index is 1.43. The van der Waals surface area contributed by atoms with Gasteiger partial charge in [-0.05, 0) is 18.1 Å². The summed E-state index contributed by atoms with van der Waals surface area (Å²) < 4.78 is 16.6. The summed E-state index contributed by atoms with van der Waals surface area (Å²) in [5.74, 6) is 0.445. The molecule has 2 aromatic rings. The van der Waals surface area contributed by atoms with Gasteiger partial charge < -0.3 is 19.5 Å². The Labute approximate surface area is 140 Å². The van der Waals surface area contributed by atoms with E-state index in [4.69, 9.17) is 14.2 Å². The highest BCUT2D eigenvalue weighted by Gasteiger charge is 2.31. The Bertz CT molecular complexity index is 660. The van der Waals surface area contributed by atoms with Crippen molar-refractivity contribution in [1.82, 2.24) is 15.5 Å². The maximum Gasteiger partial charge on any atom is 0.246 e. The average molecular weight is 331 g/mol. The number of nitrogens with one attached hydrogen (secondary N) is 2. The van der Waals surface area contributed by atoms with Crippen LogP contribution in [0.25, 0.3) is 0 Å². The molecule has 24 heavy (non-hydrogen) atoms. The number of amides is 1. The van der Waals surface area contributed by atoms with Crippen LogP contribution >= 0.6 is 0 Å². The molecule has 0 aliphatic carbocycles. The largest absolute Gasteiger partial charge is 0.482 e. The van der Waals surface area contributed by atoms with Crippen LogP contribution < -0.4 is 10.1 Å². The van der Waals surface area contributed by atoms with Gasteiger partial charge in [-0.25, -0.2) is 0 Å². The molecule has 1 fully saturated rings. The van der Waals surface area contributed by atoms with Crippen molar-refractivity contribution < 1.29 is 19.0 Å². The van der Waals surface area contributed by atoms with E-state index in [2.05, 4.69) is 15.5 Å². The number of carbonyl (C=O) groups is 1. The molecule has 0 saturated carbocycles. The lowest BCUT2D eigenvalue weighted by molar-refractivity contribution is -0.127. The minimum absolute atomic E-state index is 0.00324. The first-order valence-corrected chi connectivity index (χ1v) is 7.87. The molecule has 0 spiro atoms. The molecule has 128 valence electrons. The van der Waals surface area contributed by atoms with Crippen molar-refractivity contribution >= 4 is 5.91 Å². The molecule has 0 radical (unpaired) electrons. The van der Waals surface area contributed by atoms with E-state index in [0.29, 0.717) is 25.6 Å². The summed E-state index contributed by atoms with van der Waals surface area (Å²) >= 11 is 0. The number of benzene rings is 1. The highest BCUT2D eigenvalue weighted by atomic mass is 16.5. The minimum atomic E-state index is -0.233. The molecule has 2 N–H and O–H groups in total. The first kappa shape index (κ1) is 16.5. The van der Waals surface area contributed by atoms with Gasteiger partial charge in [-0.1, -0.05) is 24.3 Å². The van der Waals surface area contributed by atoms with E-state index < -0.39 is 0 Å². The summed E-state index contributed by atoms with van der Waals surface area (Å²) in [6.07, 6.45) is 3.01. The van der Waals surface area contributed by atoms with Crippen molar-refractivity contribution in [2.45, 2.75) is 25.7 Å². The number of ether oxygens (including phenoxy) is 3. The second-order valence-electron chi connectivity index (χ2n) is 5.72. The Kier molecular flexibility index (Phi) is 5.45. The Morgan fingerprint density at radius 3 is 3.08 bits per heavy atom. The maximum atomic E-state index is 12.1. The SMILES string of the molecule is Cc1ccccc1COCC(=O)N[C@H]1COC[C@H]1Oc1cn[nH]c1. The predicted octanol–water partition coefficient (Wildman–Crippen LogP) is 1.20. The third kappa shape index (κ3) is 4.33. The highest BCUT2D eigenvalue weighted by Crippen LogP contribution is 2.15. The highest BCUT2D eigenvalue weighted by molar-refractivity contribution is 5.77. The van der Waals surface area contributed by atoms with Crippen molar-refractivity contribution in [2.75, 3.05) is 19.8 Å². The summed E-state index contributed by atoms with van der Waals surface area (Å²) in [7, 11) is 0. The third-order valence-corrected chi connectivity index (χ3v) is 3.89. The van der Waals surface area contributed by atoms with Gasteiger partial charge in [0.05, 0.1) is 38.3 Å². The molecule has 3 rings (SSSR count). The van der Waals surface area contributed by atoms with E-state index in [1.165, 1.54) is 0 Å². The fourth-order valence-corrected chi connectivity index (χ4v) is 2.54. The second kappa shape index (κ2) is 7.94. The fourth-order valence-electron chi connectivity index (χ4n) is 2.54. The molecule has 1 aliphatic rings. The standard InChI is InChI=1S/C17H21N3O4/c1-12-4-2-3-5-13(12)8-22-11-17(21)20-15-9-23-10-16(15)24-14-6-18-19-7-14/h2-7,15-16H,8-11H2,1H3,(H,18,19)(H,20,21)/t15-,16+/m0/s1. The number of H-pyrrole nitrogens is 1. The normalized spacial score (nSPS) is 20.0. The molecule has 0 bridgehead atoms. The molecule has 7 nitrogen and oxygen atoms in total. The molecule has 1 aromatic carbocycles. The van der Waals surface area contributed by atoms with Gasteiger partial charge in [-0.15, -0.1) is 0 Å². The lowest BCUT2D eigenvalue weighted by Crippen LogP contribution is -2.46. The van der Waals surface area contributed by atoms with E-state index in [1.807, 2.05) is 31.2 Å². The van der Waals surface area contributed by atoms with Crippen LogP contribution in [0.15, 0.2) is 36.7 Å². The summed E-state index contributed by atoms with van der Waals surface area (Å²) in [6.45, 7) is 3.29. The summed E-state index contributed by atoms with van der Waals surface area (Å²) in [6, 6.07) is 7.75. The number of aromatic nitrogens is 2. The van der Waals surface area contributed by atoms with Gasteiger partial charge in [0.25, 0.3) is 0 Å². The minimum Gasteiger partial charge on any atom is -0.482 e. The van der Waals surface area contributed by atoms with Crippen molar-refractivity contribution in [3.8, 4) is 5.75 Å². The van der Waals surface area contributed by atoms with E-state index in [1.54, 1.807) is 12.4 Å². The van der Waals surface area contributed by atoms with Crippen molar-refractivity contribution in [1.29, 1.82) is 0 Å². The van der Waals surface area contributed by atoms with Crippen molar-refractivity contribution in [2.24, 2.45) is 0 Å². The van der Waals surface area contributed by atoms with Gasteiger partial charge in [0, 0.05) is 0 Å². The Morgan fingerprint density at radius 1 is 1.42 bits per heavy atom. The van der Waals surface area contributed by atoms with E-state index in [-0.39, 0.29) is 24.7 Å². The fraction of sp³-hybridized carbons (Fsp3) is 0.412. The van der Waals surface area contributed by atoms with Crippen LogP contribution in [0.3, 0.4) is 0 Å². The quantitative estimate of drug-likeness (QED) is 0.796. The molecule has 1 aromatic heterocycles. The van der Waals surface area contributed by atoms with Crippen LogP contribution in [0.4, 0.5) is 0 Å². The zero-order valence-corrected chi connectivity index (χ0v) is 13.5. The van der Waals surface area contributed by atoms with E-state index in [0.717, 1.165) is 11.1 Å². The number of nitrogens with zero attached hydrogens (tertiary/aromatic N) is 1. The predicted molar refractivity (Wildman–Crippen MR) is 86.6 cm³/mol. The van der Waals surface area contributed by atoms with Crippen LogP contribution in [0.2, 0.25) is 0 Å². The maximum absolute atomic E-state index is 12.1. The zero-order valence-electron chi connectivity index (χ0n) is 13.5. The monoisotopic (exact) mass is 331 g/mol. The van der Waals surface area contributed by atoms with Gasteiger partial charge in [0.15, 0.2) is 5.75 Å². The second-order valence-corrected chi connectivity index (χ2v) is 5.72. The van der Waals surface area contributed by atoms with Crippen LogP contribution in [-0.2, 0) is 20.9 Å². The molecule has 1 aliphatic heterocycles. The Morgan fingerprint density at radius 2 is 2.29 bits per heavy atom. The third-order valence-electron chi connectivity index (χ3n) is 3.89. The van der Waals surface area contributed by atoms with E-state index >= 15 is 0 Å². The summed E-state index contributed by atoms with van der Waals surface area (Å²) in [5, 5.41) is 9.41. The molecule has 1 saturated heterocycles. The van der Waals surface area contributed by atoms with Gasteiger partial charge in [0.1, 0.15) is 12.7 Å². The molecule has 2 heterocycles. The molecular formula is C17H21N3O4. The summed E-state index contributed by atoms with van der Waals surface area (Å²) in [5.41, 5.74) is 2.23. The van der Waals surface area contributed by atoms with Gasteiger partial charge in [-0.3, -0.25) is 9.89 Å². The first-order chi connectivity index (χ1) is 11.7. The lowest BCUT2D eigenvalue weighted by atomic mass is 10.1. The Hall–Kier alpha value is -2.38. The lowest BCUT2D eigenvalue weighted by Gasteiger charge is -2.19. The number of hydrogen-bond acceptors (Lipinski definition) is 5. The molecule has 0 unspecified atom stereocenters. The number of carbonyl (C=O) groups excluding carboxylic acids is 1. The number of hydrogen-bond donors (Lipinski definition) is 2. The number of aryl methyl sites for hydroxylation is 1. The van der Waals surface area contributed by atoms with Crippen LogP contribution in [-0.4, -0.2) is 48.1 Å². The van der Waals surface area contributed by atoms with Crippen molar-refractivity contribution in [3.05, 3.63) is 47.8 Å².